The van der Waals surface area contributed by atoms with Gasteiger partial charge in [0.15, 0.2) is 11.6 Å². The van der Waals surface area contributed by atoms with Gasteiger partial charge >= 0.3 is 6.18 Å². The number of alkyl halides is 5. The quantitative estimate of drug-likeness (QED) is 0.353. The van der Waals surface area contributed by atoms with Crippen LogP contribution < -0.4 is 10.1 Å². The fraction of sp³-hybridized carbons (Fsp3) is 0.444. The molecular weight excluding hydrogens is 456 g/mol. The fourth-order valence-corrected chi connectivity index (χ4v) is 3.34. The summed E-state index contributed by atoms with van der Waals surface area (Å²) in [5.74, 6) is -2.13. The number of anilines is 1. The molecule has 166 valence electrons. The normalized spacial score (nSPS) is 14.0. The highest BCUT2D eigenvalue weighted by Gasteiger charge is 2.28. The zero-order chi connectivity index (χ0) is 22.6. The van der Waals surface area contributed by atoms with Gasteiger partial charge in [-0.05, 0) is 38.5 Å². The van der Waals surface area contributed by atoms with E-state index < -0.39 is 42.0 Å². The highest BCUT2D eigenvalue weighted by molar-refractivity contribution is 7.99. The van der Waals surface area contributed by atoms with Crippen molar-refractivity contribution in [1.29, 1.82) is 0 Å². The van der Waals surface area contributed by atoms with Crippen LogP contribution in [0.15, 0.2) is 23.4 Å². The number of benzene rings is 1. The molecule has 0 aliphatic heterocycles. The molecule has 0 fully saturated rings. The van der Waals surface area contributed by atoms with Gasteiger partial charge in [0.1, 0.15) is 29.0 Å². The maximum atomic E-state index is 14.3. The van der Waals surface area contributed by atoms with Gasteiger partial charge in [-0.25, -0.2) is 23.1 Å². The number of hydrogen-bond acceptors (Lipinski definition) is 5. The Bertz CT molecular complexity index is 884. The molecule has 2 atom stereocenters. The molecule has 0 aliphatic carbocycles. The number of halogens is 7. The molecule has 1 heterocycles. The minimum atomic E-state index is -4.37. The molecule has 30 heavy (non-hydrogen) atoms. The highest BCUT2D eigenvalue weighted by atomic mass is 35.5. The molecule has 0 amide bonds. The number of aromatic nitrogens is 2. The summed E-state index contributed by atoms with van der Waals surface area (Å²) in [6.45, 7) is 4.69. The van der Waals surface area contributed by atoms with E-state index in [0.29, 0.717) is 17.3 Å². The van der Waals surface area contributed by atoms with Crippen molar-refractivity contribution in [3.8, 4) is 5.75 Å². The van der Waals surface area contributed by atoms with Crippen molar-refractivity contribution in [2.75, 3.05) is 11.1 Å². The summed E-state index contributed by atoms with van der Waals surface area (Å²) in [6.07, 6.45) is -7.05. The SMILES string of the molecule is Cc1cc(F)c(OC(C)C(C)Nc2ncnc(C(F)F)c2Cl)cc1SCC(F)(F)F. The standard InChI is InChI=1S/C18H18ClF6N3OS/c1-8-4-11(20)12(5-13(8)30-6-18(23,24)25)29-10(3)9(2)28-17-14(19)15(16(21)22)26-7-27-17/h4-5,7,9-10,16H,6H2,1-3H3,(H,26,27,28). The Kier molecular flexibility index (Phi) is 8.09. The number of nitrogens with zero attached hydrogens (tertiary/aromatic N) is 2. The molecule has 0 bridgehead atoms. The third-order valence-electron chi connectivity index (χ3n) is 4.03. The molecule has 0 spiro atoms. The van der Waals surface area contributed by atoms with E-state index >= 15 is 0 Å². The summed E-state index contributed by atoms with van der Waals surface area (Å²) in [7, 11) is 0. The van der Waals surface area contributed by atoms with E-state index in [4.69, 9.17) is 16.3 Å². The lowest BCUT2D eigenvalue weighted by atomic mass is 10.2. The van der Waals surface area contributed by atoms with E-state index in [1.165, 1.54) is 13.0 Å². The first-order valence-corrected chi connectivity index (χ1v) is 9.96. The number of ether oxygens (including phenoxy) is 1. The summed E-state index contributed by atoms with van der Waals surface area (Å²) in [6, 6.07) is 1.72. The van der Waals surface area contributed by atoms with Crippen molar-refractivity contribution in [3.63, 3.8) is 0 Å². The van der Waals surface area contributed by atoms with Crippen molar-refractivity contribution in [2.24, 2.45) is 0 Å². The number of nitrogens with one attached hydrogen (secondary N) is 1. The maximum Gasteiger partial charge on any atom is 0.398 e. The van der Waals surface area contributed by atoms with E-state index in [1.807, 2.05) is 0 Å². The zero-order valence-corrected chi connectivity index (χ0v) is 17.6. The second kappa shape index (κ2) is 9.95. The summed E-state index contributed by atoms with van der Waals surface area (Å²) in [5.41, 5.74) is -0.286. The lowest BCUT2D eigenvalue weighted by molar-refractivity contribution is -0.105. The van der Waals surface area contributed by atoms with Gasteiger partial charge in [-0.2, -0.15) is 13.2 Å². The van der Waals surface area contributed by atoms with Crippen molar-refractivity contribution in [1.82, 2.24) is 9.97 Å². The van der Waals surface area contributed by atoms with E-state index in [0.717, 1.165) is 12.4 Å². The lowest BCUT2D eigenvalue weighted by Gasteiger charge is -2.24. The Morgan fingerprint density at radius 2 is 1.87 bits per heavy atom. The molecule has 1 aromatic carbocycles. The Morgan fingerprint density at radius 3 is 2.47 bits per heavy atom. The van der Waals surface area contributed by atoms with Crippen LogP contribution in [0.1, 0.15) is 31.5 Å². The molecule has 0 radical (unpaired) electrons. The van der Waals surface area contributed by atoms with Crippen LogP contribution in [0.3, 0.4) is 0 Å². The van der Waals surface area contributed by atoms with Crippen molar-refractivity contribution in [3.05, 3.63) is 40.6 Å². The van der Waals surface area contributed by atoms with E-state index in [-0.39, 0.29) is 21.5 Å². The van der Waals surface area contributed by atoms with Crippen LogP contribution in [-0.2, 0) is 0 Å². The van der Waals surface area contributed by atoms with Crippen molar-refractivity contribution < 1.29 is 31.1 Å². The average molecular weight is 474 g/mol. The first-order chi connectivity index (χ1) is 13.9. The third kappa shape index (κ3) is 6.56. The van der Waals surface area contributed by atoms with E-state index in [2.05, 4.69) is 15.3 Å². The number of rotatable bonds is 8. The van der Waals surface area contributed by atoms with E-state index in [1.54, 1.807) is 13.8 Å². The van der Waals surface area contributed by atoms with Crippen LogP contribution in [-0.4, -0.2) is 34.0 Å². The topological polar surface area (TPSA) is 47.0 Å². The van der Waals surface area contributed by atoms with Crippen LogP contribution in [0.4, 0.5) is 32.2 Å². The molecule has 1 N–H and O–H groups in total. The fourth-order valence-electron chi connectivity index (χ4n) is 2.31. The number of aryl methyl sites for hydroxylation is 1. The third-order valence-corrected chi connectivity index (χ3v) is 5.62. The summed E-state index contributed by atoms with van der Waals surface area (Å²) in [4.78, 5) is 7.47. The summed E-state index contributed by atoms with van der Waals surface area (Å²) >= 11 is 6.41. The second-order valence-electron chi connectivity index (χ2n) is 6.43. The van der Waals surface area contributed by atoms with Crippen molar-refractivity contribution in [2.45, 2.75) is 50.4 Å². The summed E-state index contributed by atoms with van der Waals surface area (Å²) in [5, 5.41) is 2.45. The molecule has 1 aromatic heterocycles. The highest BCUT2D eigenvalue weighted by Crippen LogP contribution is 2.34. The van der Waals surface area contributed by atoms with Gasteiger partial charge in [0.05, 0.1) is 11.8 Å². The zero-order valence-electron chi connectivity index (χ0n) is 16.0. The van der Waals surface area contributed by atoms with Gasteiger partial charge in [-0.1, -0.05) is 11.6 Å². The van der Waals surface area contributed by atoms with Gasteiger partial charge in [0.2, 0.25) is 0 Å². The monoisotopic (exact) mass is 473 g/mol. The Hall–Kier alpha value is -1.88. The van der Waals surface area contributed by atoms with Gasteiger partial charge in [0, 0.05) is 4.90 Å². The first-order valence-electron chi connectivity index (χ1n) is 8.60. The van der Waals surface area contributed by atoms with Crippen LogP contribution in [0.25, 0.3) is 0 Å². The smallest absolute Gasteiger partial charge is 0.398 e. The number of thioether (sulfide) groups is 1. The van der Waals surface area contributed by atoms with Gasteiger partial charge < -0.3 is 10.1 Å². The predicted octanol–water partition coefficient (Wildman–Crippen LogP) is 6.44. The van der Waals surface area contributed by atoms with Crippen LogP contribution in [0, 0.1) is 12.7 Å². The summed E-state index contributed by atoms with van der Waals surface area (Å²) < 4.78 is 83.1. The molecule has 2 aromatic rings. The van der Waals surface area contributed by atoms with Gasteiger partial charge in [-0.3, -0.25) is 0 Å². The van der Waals surface area contributed by atoms with Crippen LogP contribution in [0.2, 0.25) is 5.02 Å². The van der Waals surface area contributed by atoms with Gasteiger partial charge in [-0.15, -0.1) is 11.8 Å². The molecule has 4 nitrogen and oxygen atoms in total. The van der Waals surface area contributed by atoms with Crippen molar-refractivity contribution >= 4 is 29.2 Å². The lowest BCUT2D eigenvalue weighted by Crippen LogP contribution is -2.33. The molecule has 0 saturated carbocycles. The Balaban J connectivity index is 2.13. The first kappa shape index (κ1) is 24.4. The number of hydrogen-bond donors (Lipinski definition) is 1. The largest absolute Gasteiger partial charge is 0.485 e. The predicted molar refractivity (Wildman–Crippen MR) is 103 cm³/mol. The average Bonchev–Trinajstić information content (AvgIpc) is 2.63. The minimum absolute atomic E-state index is 0.0456. The Labute approximate surface area is 178 Å². The van der Waals surface area contributed by atoms with Crippen LogP contribution in [0.5, 0.6) is 5.75 Å². The molecule has 2 unspecified atom stereocenters. The maximum absolute atomic E-state index is 14.3. The molecule has 2 rings (SSSR count). The molecule has 0 saturated heterocycles. The molecule has 12 heteroatoms. The van der Waals surface area contributed by atoms with E-state index in [9.17, 15) is 26.3 Å². The Morgan fingerprint density at radius 1 is 1.20 bits per heavy atom. The molecule has 0 aliphatic rings. The molecular formula is C18H18ClF6N3OS. The van der Waals surface area contributed by atoms with Crippen LogP contribution >= 0.6 is 23.4 Å². The minimum Gasteiger partial charge on any atom is -0.485 e. The second-order valence-corrected chi connectivity index (χ2v) is 7.83. The van der Waals surface area contributed by atoms with Gasteiger partial charge in [0.25, 0.3) is 6.43 Å².